The second-order valence-corrected chi connectivity index (χ2v) is 3.63. The van der Waals surface area contributed by atoms with Crippen molar-refractivity contribution in [2.45, 2.75) is 0 Å². The minimum Gasteiger partial charge on any atom is -0.298 e. The van der Waals surface area contributed by atoms with Crippen molar-refractivity contribution < 1.29 is 4.79 Å². The summed E-state index contributed by atoms with van der Waals surface area (Å²) in [5.41, 5.74) is 2.55. The summed E-state index contributed by atoms with van der Waals surface area (Å²) >= 11 is 6.07. The monoisotopic (exact) mass is 216 g/mol. The Bertz CT molecular complexity index is 477. The van der Waals surface area contributed by atoms with E-state index in [1.807, 2.05) is 30.3 Å². The van der Waals surface area contributed by atoms with Crippen LogP contribution in [-0.2, 0) is 0 Å². The second-order valence-electron chi connectivity index (χ2n) is 3.22. The van der Waals surface area contributed by atoms with Crippen LogP contribution >= 0.6 is 11.6 Å². The molecule has 0 amide bonds. The number of halogens is 1. The molecule has 74 valence electrons. The summed E-state index contributed by atoms with van der Waals surface area (Å²) in [7, 11) is 0. The molecule has 0 fully saturated rings. The summed E-state index contributed by atoms with van der Waals surface area (Å²) in [6, 6.07) is 15.0. The van der Waals surface area contributed by atoms with Gasteiger partial charge in [0.1, 0.15) is 6.29 Å². The van der Waals surface area contributed by atoms with Gasteiger partial charge in [-0.15, -0.1) is 0 Å². The average Bonchev–Trinajstić information content (AvgIpc) is 2.31. The molecule has 0 aliphatic carbocycles. The first kappa shape index (κ1) is 9.94. The average molecular weight is 217 g/mol. The van der Waals surface area contributed by atoms with Crippen molar-refractivity contribution in [3.05, 3.63) is 59.1 Å². The zero-order valence-electron chi connectivity index (χ0n) is 7.98. The molecule has 2 aromatic rings. The van der Waals surface area contributed by atoms with Gasteiger partial charge in [-0.05, 0) is 17.7 Å². The van der Waals surface area contributed by atoms with E-state index in [1.54, 1.807) is 18.2 Å². The number of carbonyl (C=O) groups is 1. The third kappa shape index (κ3) is 2.08. The number of rotatable bonds is 2. The van der Waals surface area contributed by atoms with E-state index < -0.39 is 0 Å². The first-order valence-corrected chi connectivity index (χ1v) is 4.99. The van der Waals surface area contributed by atoms with E-state index in [-0.39, 0.29) is 0 Å². The molecule has 0 atom stereocenters. The molecule has 0 heterocycles. The van der Waals surface area contributed by atoms with Crippen LogP contribution in [0.4, 0.5) is 0 Å². The number of hydrogen-bond acceptors (Lipinski definition) is 1. The number of aldehydes is 1. The van der Waals surface area contributed by atoms with Crippen LogP contribution in [0.15, 0.2) is 48.5 Å². The van der Waals surface area contributed by atoms with Gasteiger partial charge in [0.2, 0.25) is 0 Å². The number of hydrogen-bond donors (Lipinski definition) is 0. The zero-order valence-corrected chi connectivity index (χ0v) is 8.74. The van der Waals surface area contributed by atoms with Gasteiger partial charge in [0.05, 0.1) is 0 Å². The number of benzene rings is 2. The lowest BCUT2D eigenvalue weighted by Crippen LogP contribution is -1.84. The Balaban J connectivity index is 2.57. The molecule has 0 saturated carbocycles. The van der Waals surface area contributed by atoms with Gasteiger partial charge < -0.3 is 0 Å². The predicted octanol–water partition coefficient (Wildman–Crippen LogP) is 3.82. The Morgan fingerprint density at radius 2 is 1.73 bits per heavy atom. The van der Waals surface area contributed by atoms with Crippen molar-refractivity contribution >= 4 is 17.9 Å². The summed E-state index contributed by atoms with van der Waals surface area (Å²) < 4.78 is 0. The Hall–Kier alpha value is -1.60. The van der Waals surface area contributed by atoms with Crippen LogP contribution in [-0.4, -0.2) is 6.29 Å². The van der Waals surface area contributed by atoms with Crippen molar-refractivity contribution in [2.24, 2.45) is 0 Å². The molecule has 0 aromatic heterocycles. The van der Waals surface area contributed by atoms with E-state index in [0.717, 1.165) is 17.4 Å². The molecular weight excluding hydrogens is 208 g/mol. The van der Waals surface area contributed by atoms with Gasteiger partial charge in [-0.1, -0.05) is 48.0 Å². The van der Waals surface area contributed by atoms with Gasteiger partial charge in [-0.3, -0.25) is 4.79 Å². The fraction of sp³-hybridized carbons (Fsp3) is 0. The minimum atomic E-state index is 0.637. The van der Waals surface area contributed by atoms with Gasteiger partial charge in [-0.2, -0.15) is 0 Å². The molecule has 0 unspecified atom stereocenters. The summed E-state index contributed by atoms with van der Waals surface area (Å²) in [6.07, 6.45) is 0.822. The lowest BCUT2D eigenvalue weighted by atomic mass is 10.0. The predicted molar refractivity (Wildman–Crippen MR) is 62.3 cm³/mol. The van der Waals surface area contributed by atoms with E-state index in [4.69, 9.17) is 11.6 Å². The molecule has 2 aromatic carbocycles. The third-order valence-corrected chi connectivity index (χ3v) is 2.54. The van der Waals surface area contributed by atoms with E-state index in [0.29, 0.717) is 10.6 Å². The molecule has 0 aliphatic heterocycles. The van der Waals surface area contributed by atoms with Crippen molar-refractivity contribution in [3.8, 4) is 11.1 Å². The smallest absolute Gasteiger partial charge is 0.150 e. The first-order chi connectivity index (χ1) is 7.31. The molecule has 0 bridgehead atoms. The van der Waals surface area contributed by atoms with Crippen LogP contribution in [0, 0.1) is 0 Å². The Labute approximate surface area is 93.3 Å². The highest BCUT2D eigenvalue weighted by Gasteiger charge is 2.03. The number of carbonyl (C=O) groups excluding carboxylic acids is 1. The molecular formula is C13H9ClO. The first-order valence-electron chi connectivity index (χ1n) is 4.61. The van der Waals surface area contributed by atoms with E-state index in [9.17, 15) is 4.79 Å². The molecule has 0 saturated heterocycles. The van der Waals surface area contributed by atoms with Crippen molar-refractivity contribution in [3.63, 3.8) is 0 Å². The molecule has 2 rings (SSSR count). The molecule has 0 radical (unpaired) electrons. The highest BCUT2D eigenvalue weighted by molar-refractivity contribution is 6.33. The van der Waals surface area contributed by atoms with Crippen LogP contribution in [0.2, 0.25) is 5.02 Å². The zero-order chi connectivity index (χ0) is 10.7. The highest BCUT2D eigenvalue weighted by atomic mass is 35.5. The van der Waals surface area contributed by atoms with E-state index >= 15 is 0 Å². The maximum atomic E-state index is 10.7. The fourth-order valence-electron chi connectivity index (χ4n) is 1.46. The van der Waals surface area contributed by atoms with Gasteiger partial charge in [-0.25, -0.2) is 0 Å². The molecule has 2 heteroatoms. The maximum Gasteiger partial charge on any atom is 0.150 e. The fourth-order valence-corrected chi connectivity index (χ4v) is 1.68. The lowest BCUT2D eigenvalue weighted by molar-refractivity contribution is 0.112. The maximum absolute atomic E-state index is 10.7. The van der Waals surface area contributed by atoms with Crippen LogP contribution in [0.25, 0.3) is 11.1 Å². The van der Waals surface area contributed by atoms with Gasteiger partial charge in [0.15, 0.2) is 0 Å². The van der Waals surface area contributed by atoms with Crippen molar-refractivity contribution in [1.29, 1.82) is 0 Å². The summed E-state index contributed by atoms with van der Waals surface area (Å²) in [5, 5.41) is 0.659. The normalized spacial score (nSPS) is 9.93. The third-order valence-electron chi connectivity index (χ3n) is 2.21. The van der Waals surface area contributed by atoms with E-state index in [1.165, 1.54) is 0 Å². The largest absolute Gasteiger partial charge is 0.298 e. The summed E-state index contributed by atoms with van der Waals surface area (Å²) in [5.74, 6) is 0. The quantitative estimate of drug-likeness (QED) is 0.698. The molecule has 15 heavy (non-hydrogen) atoms. The highest BCUT2D eigenvalue weighted by Crippen LogP contribution is 2.28. The standard InChI is InChI=1S/C13H9ClO/c14-13-7-6-10(9-15)8-12(13)11-4-2-1-3-5-11/h1-9H. The Morgan fingerprint density at radius 3 is 2.40 bits per heavy atom. The summed E-state index contributed by atoms with van der Waals surface area (Å²) in [6.45, 7) is 0. The van der Waals surface area contributed by atoms with Crippen LogP contribution in [0.5, 0.6) is 0 Å². The van der Waals surface area contributed by atoms with Crippen LogP contribution in [0.1, 0.15) is 10.4 Å². The topological polar surface area (TPSA) is 17.1 Å². The Kier molecular flexibility index (Phi) is 2.84. The van der Waals surface area contributed by atoms with Crippen LogP contribution in [0.3, 0.4) is 0 Å². The van der Waals surface area contributed by atoms with Crippen molar-refractivity contribution in [1.82, 2.24) is 0 Å². The van der Waals surface area contributed by atoms with E-state index in [2.05, 4.69) is 0 Å². The Morgan fingerprint density at radius 1 is 1.00 bits per heavy atom. The molecule has 1 nitrogen and oxygen atoms in total. The van der Waals surface area contributed by atoms with Gasteiger partial charge >= 0.3 is 0 Å². The minimum absolute atomic E-state index is 0.637. The molecule has 0 aliphatic rings. The van der Waals surface area contributed by atoms with Gasteiger partial charge in [0.25, 0.3) is 0 Å². The summed E-state index contributed by atoms with van der Waals surface area (Å²) in [4.78, 5) is 10.7. The van der Waals surface area contributed by atoms with Crippen LogP contribution < -0.4 is 0 Å². The second kappa shape index (κ2) is 4.28. The van der Waals surface area contributed by atoms with Crippen molar-refractivity contribution in [2.75, 3.05) is 0 Å². The molecule has 0 N–H and O–H groups in total. The SMILES string of the molecule is O=Cc1ccc(Cl)c(-c2ccccc2)c1. The molecule has 0 spiro atoms. The lowest BCUT2D eigenvalue weighted by Gasteiger charge is -2.04. The van der Waals surface area contributed by atoms with Gasteiger partial charge in [0, 0.05) is 16.1 Å².